The molecule has 0 heterocycles. The Bertz CT molecular complexity index is 441. The molecule has 0 saturated heterocycles. The van der Waals surface area contributed by atoms with Gasteiger partial charge in [0.25, 0.3) is 0 Å². The third kappa shape index (κ3) is 2.46. The van der Waals surface area contributed by atoms with Crippen LogP contribution in [0.1, 0.15) is 35.6 Å². The first-order valence-electron chi connectivity index (χ1n) is 5.43. The zero-order chi connectivity index (χ0) is 12.1. The van der Waals surface area contributed by atoms with E-state index in [1.807, 2.05) is 26.8 Å². The van der Waals surface area contributed by atoms with Crippen molar-refractivity contribution < 1.29 is 4.74 Å². The Balaban J connectivity index is 3.25. The van der Waals surface area contributed by atoms with Gasteiger partial charge in [-0.1, -0.05) is 13.0 Å². The summed E-state index contributed by atoms with van der Waals surface area (Å²) in [5, 5.41) is 13.0. The topological polar surface area (TPSA) is 36.6 Å². The molecule has 16 heavy (non-hydrogen) atoms. The quantitative estimate of drug-likeness (QED) is 0.728. The van der Waals surface area contributed by atoms with Crippen LogP contribution in [0.4, 0.5) is 0 Å². The summed E-state index contributed by atoms with van der Waals surface area (Å²) >= 11 is 0. The molecule has 0 radical (unpaired) electrons. The summed E-state index contributed by atoms with van der Waals surface area (Å²) in [4.78, 5) is 0. The Hall–Kier alpha value is -1.69. The molecule has 0 atom stereocenters. The third-order valence-corrected chi connectivity index (χ3v) is 2.51. The van der Waals surface area contributed by atoms with Gasteiger partial charge in [-0.25, -0.2) is 0 Å². The van der Waals surface area contributed by atoms with Crippen LogP contribution in [-0.2, 0) is 0 Å². The van der Waals surface area contributed by atoms with E-state index >= 15 is 0 Å². The van der Waals surface area contributed by atoms with Crippen LogP contribution >= 0.6 is 0 Å². The Morgan fingerprint density at radius 2 is 2.00 bits per heavy atom. The molecule has 0 bridgehead atoms. The second kappa shape index (κ2) is 5.41. The van der Waals surface area contributed by atoms with Crippen molar-refractivity contribution in [2.24, 2.45) is 0 Å². The highest BCUT2D eigenvalue weighted by molar-refractivity contribution is 5.55. The highest BCUT2D eigenvalue weighted by atomic mass is 16.5. The summed E-state index contributed by atoms with van der Waals surface area (Å²) in [5.41, 5.74) is 3.76. The molecule has 0 fully saturated rings. The van der Waals surface area contributed by atoms with E-state index < -0.39 is 0 Å². The Morgan fingerprint density at radius 1 is 1.31 bits per heavy atom. The zero-order valence-electron chi connectivity index (χ0n) is 10.3. The molecule has 0 spiro atoms. The van der Waals surface area contributed by atoms with Gasteiger partial charge < -0.3 is 9.94 Å². The predicted octanol–water partition coefficient (Wildman–Crippen LogP) is 3.58. The van der Waals surface area contributed by atoms with Crippen molar-refractivity contribution in [3.05, 3.63) is 38.5 Å². The van der Waals surface area contributed by atoms with E-state index in [0.29, 0.717) is 6.61 Å². The zero-order valence-corrected chi connectivity index (χ0v) is 10.3. The normalized spacial score (nSPS) is 9.50. The fourth-order valence-electron chi connectivity index (χ4n) is 1.81. The molecule has 1 rings (SSSR count). The molecule has 0 aliphatic heterocycles. The summed E-state index contributed by atoms with van der Waals surface area (Å²) in [5.74, 6) is 0.846. The molecule has 0 aliphatic carbocycles. The lowest BCUT2D eigenvalue weighted by Crippen LogP contribution is -2.02. The van der Waals surface area contributed by atoms with Crippen LogP contribution in [0.2, 0.25) is 0 Å². The Kier molecular flexibility index (Phi) is 4.19. The van der Waals surface area contributed by atoms with Gasteiger partial charge >= 0.3 is 6.07 Å². The molecule has 0 aromatic heterocycles. The molecular formula is C13H17NO2. The van der Waals surface area contributed by atoms with Gasteiger partial charge in [-0.2, -0.15) is 0 Å². The van der Waals surface area contributed by atoms with Crippen molar-refractivity contribution in [3.8, 4) is 11.8 Å². The molecule has 86 valence electrons. The highest BCUT2D eigenvalue weighted by Gasteiger charge is 2.13. The minimum Gasteiger partial charge on any atom is -0.498 e. The molecule has 3 nitrogen and oxygen atoms in total. The number of benzene rings is 1. The van der Waals surface area contributed by atoms with Crippen LogP contribution in [0.25, 0.3) is 5.01 Å². The molecule has 0 aliphatic rings. The first-order chi connectivity index (χ1) is 7.61. The number of hydrogen-bond acceptors (Lipinski definition) is 2. The SMILES string of the molecule is CCCOc1c(C)cc(C)c(C#[N+][O-])c1C. The minimum absolute atomic E-state index is 0.679. The van der Waals surface area contributed by atoms with E-state index in [9.17, 15) is 5.21 Å². The highest BCUT2D eigenvalue weighted by Crippen LogP contribution is 2.28. The fraction of sp³-hybridized carbons (Fsp3) is 0.462. The van der Waals surface area contributed by atoms with Crippen LogP contribution in [-0.4, -0.2) is 6.61 Å². The van der Waals surface area contributed by atoms with Crippen LogP contribution in [0, 0.1) is 32.0 Å². The van der Waals surface area contributed by atoms with Crippen LogP contribution in [0.15, 0.2) is 6.07 Å². The second-order valence-corrected chi connectivity index (χ2v) is 3.89. The maximum atomic E-state index is 10.3. The van der Waals surface area contributed by atoms with Crippen LogP contribution in [0.3, 0.4) is 0 Å². The molecule has 0 saturated carbocycles. The lowest BCUT2D eigenvalue weighted by atomic mass is 9.99. The van der Waals surface area contributed by atoms with Crippen molar-refractivity contribution in [3.63, 3.8) is 0 Å². The van der Waals surface area contributed by atoms with Crippen molar-refractivity contribution in [1.29, 1.82) is 0 Å². The molecular weight excluding hydrogens is 202 g/mol. The van der Waals surface area contributed by atoms with Crippen molar-refractivity contribution in [2.75, 3.05) is 6.61 Å². The average Bonchev–Trinajstić information content (AvgIpc) is 2.24. The summed E-state index contributed by atoms with van der Waals surface area (Å²) in [7, 11) is 0. The van der Waals surface area contributed by atoms with Gasteiger partial charge in [0, 0.05) is 10.6 Å². The fourth-order valence-corrected chi connectivity index (χ4v) is 1.81. The Morgan fingerprint density at radius 3 is 2.56 bits per heavy atom. The first-order valence-corrected chi connectivity index (χ1v) is 5.43. The number of ether oxygens (including phenoxy) is 1. The van der Waals surface area contributed by atoms with Crippen molar-refractivity contribution >= 4 is 0 Å². The monoisotopic (exact) mass is 219 g/mol. The van der Waals surface area contributed by atoms with Gasteiger partial charge in [0.1, 0.15) is 11.3 Å². The summed E-state index contributed by atoms with van der Waals surface area (Å²) in [6, 6.07) is 4.47. The number of nitrogens with zero attached hydrogens (tertiary/aromatic N) is 1. The predicted molar refractivity (Wildman–Crippen MR) is 66.2 cm³/mol. The van der Waals surface area contributed by atoms with Gasteiger partial charge in [0.05, 0.1) is 6.61 Å². The number of rotatable bonds is 3. The Labute approximate surface area is 96.5 Å². The van der Waals surface area contributed by atoms with Crippen LogP contribution in [0.5, 0.6) is 5.75 Å². The van der Waals surface area contributed by atoms with Crippen molar-refractivity contribution in [2.45, 2.75) is 34.1 Å². The first kappa shape index (κ1) is 12.4. The van der Waals surface area contributed by atoms with Gasteiger partial charge in [-0.3, -0.25) is 0 Å². The largest absolute Gasteiger partial charge is 0.498 e. The van der Waals surface area contributed by atoms with E-state index in [2.05, 4.69) is 18.0 Å². The lowest BCUT2D eigenvalue weighted by molar-refractivity contribution is 0.313. The molecule has 1 aromatic carbocycles. The van der Waals surface area contributed by atoms with Gasteiger partial charge in [-0.15, -0.1) is 0 Å². The maximum absolute atomic E-state index is 10.3. The van der Waals surface area contributed by atoms with Crippen LogP contribution < -0.4 is 4.74 Å². The lowest BCUT2D eigenvalue weighted by Gasteiger charge is -2.13. The number of aryl methyl sites for hydroxylation is 2. The minimum atomic E-state index is 0.679. The second-order valence-electron chi connectivity index (χ2n) is 3.89. The van der Waals surface area contributed by atoms with Crippen molar-refractivity contribution in [1.82, 2.24) is 0 Å². The maximum Gasteiger partial charge on any atom is 0.337 e. The summed E-state index contributed by atoms with van der Waals surface area (Å²) in [6.07, 6.45) is 0.960. The molecule has 3 heteroatoms. The van der Waals surface area contributed by atoms with Gasteiger partial charge in [-0.05, 0) is 38.3 Å². The molecule has 0 amide bonds. The smallest absolute Gasteiger partial charge is 0.337 e. The van der Waals surface area contributed by atoms with E-state index in [1.54, 1.807) is 0 Å². The summed E-state index contributed by atoms with van der Waals surface area (Å²) < 4.78 is 5.68. The van der Waals surface area contributed by atoms with E-state index in [0.717, 1.165) is 34.4 Å². The summed E-state index contributed by atoms with van der Waals surface area (Å²) in [6.45, 7) is 8.61. The van der Waals surface area contributed by atoms with Gasteiger partial charge in [0.2, 0.25) is 0 Å². The molecule has 0 unspecified atom stereocenters. The third-order valence-electron chi connectivity index (χ3n) is 2.51. The molecule has 0 N–H and O–H groups in total. The molecule has 1 aromatic rings. The van der Waals surface area contributed by atoms with E-state index in [4.69, 9.17) is 4.74 Å². The van der Waals surface area contributed by atoms with E-state index in [-0.39, 0.29) is 0 Å². The average molecular weight is 219 g/mol. The van der Waals surface area contributed by atoms with E-state index in [1.165, 1.54) is 0 Å². The van der Waals surface area contributed by atoms with Gasteiger partial charge in [0.15, 0.2) is 0 Å². The standard InChI is InChI=1S/C13H17NO2/c1-5-6-16-13-10(3)7-9(2)12(8-14-15)11(13)4/h7H,5-6H2,1-4H3. The number of hydrogen-bond donors (Lipinski definition) is 0.